The number of benzene rings is 1. The first-order chi connectivity index (χ1) is 14.3. The molecule has 30 heavy (non-hydrogen) atoms. The number of aliphatic hydroxyl groups is 1. The Kier molecular flexibility index (Phi) is 6.62. The van der Waals surface area contributed by atoms with Gasteiger partial charge in [0.25, 0.3) is 5.91 Å². The summed E-state index contributed by atoms with van der Waals surface area (Å²) in [5.74, 6) is 6.21. The molecule has 152 valence electrons. The molecule has 8 heteroatoms. The maximum atomic E-state index is 12.3. The second-order valence-corrected chi connectivity index (χ2v) is 7.07. The minimum Gasteiger partial charge on any atom is -0.392 e. The van der Waals surface area contributed by atoms with Crippen LogP contribution in [0, 0.1) is 18.8 Å². The third-order valence-electron chi connectivity index (χ3n) is 4.20. The van der Waals surface area contributed by atoms with Gasteiger partial charge in [0.15, 0.2) is 0 Å². The van der Waals surface area contributed by atoms with E-state index >= 15 is 0 Å². The minimum atomic E-state index is -0.645. The van der Waals surface area contributed by atoms with Gasteiger partial charge in [0.1, 0.15) is 12.1 Å². The van der Waals surface area contributed by atoms with Crippen molar-refractivity contribution in [1.82, 2.24) is 20.3 Å². The van der Waals surface area contributed by atoms with Crippen molar-refractivity contribution in [2.75, 3.05) is 12.3 Å². The number of nitrogens with zero attached hydrogens (tertiary/aromatic N) is 3. The highest BCUT2D eigenvalue weighted by molar-refractivity contribution is 6.34. The van der Waals surface area contributed by atoms with E-state index in [0.29, 0.717) is 39.5 Å². The SMILES string of the molecule is Cc1ncnc(-c2ccc(C(=O)NCC(C)O)c(Cl)c2)c1C#Cc1ccc(N)nc1. The lowest BCUT2D eigenvalue weighted by atomic mass is 10.0. The number of carbonyl (C=O) groups is 1. The zero-order valence-electron chi connectivity index (χ0n) is 16.5. The molecular weight excluding hydrogens is 402 g/mol. The van der Waals surface area contributed by atoms with Gasteiger partial charge >= 0.3 is 0 Å². The van der Waals surface area contributed by atoms with Gasteiger partial charge in [-0.1, -0.05) is 29.5 Å². The summed E-state index contributed by atoms with van der Waals surface area (Å²) in [5, 5.41) is 12.2. The quantitative estimate of drug-likeness (QED) is 0.558. The molecule has 0 bridgehead atoms. The van der Waals surface area contributed by atoms with Crippen molar-refractivity contribution in [1.29, 1.82) is 0 Å². The number of hydrogen-bond acceptors (Lipinski definition) is 6. The summed E-state index contributed by atoms with van der Waals surface area (Å²) < 4.78 is 0. The Bertz CT molecular complexity index is 1130. The summed E-state index contributed by atoms with van der Waals surface area (Å²) in [6.07, 6.45) is 2.41. The molecule has 1 amide bonds. The lowest BCUT2D eigenvalue weighted by Gasteiger charge is -2.11. The summed E-state index contributed by atoms with van der Waals surface area (Å²) in [6.45, 7) is 3.57. The van der Waals surface area contributed by atoms with E-state index in [4.69, 9.17) is 17.3 Å². The van der Waals surface area contributed by atoms with Gasteiger partial charge in [0.05, 0.1) is 33.6 Å². The van der Waals surface area contributed by atoms with Crippen LogP contribution in [-0.2, 0) is 0 Å². The fraction of sp³-hybridized carbons (Fsp3) is 0.182. The first-order valence-electron chi connectivity index (χ1n) is 9.16. The number of pyridine rings is 1. The van der Waals surface area contributed by atoms with Crippen molar-refractivity contribution in [3.05, 3.63) is 70.3 Å². The standard InChI is InChI=1S/C22H20ClN5O2/c1-13(29)10-26-22(30)18-7-5-16(9-19(18)23)21-17(14(2)27-12-28-21)6-3-15-4-8-20(24)25-11-15/h4-5,7-9,11-13,29H,10H2,1-2H3,(H2,24,25)(H,26,30). The molecule has 3 aromatic rings. The minimum absolute atomic E-state index is 0.141. The second-order valence-electron chi connectivity index (χ2n) is 6.66. The van der Waals surface area contributed by atoms with Gasteiger partial charge in [-0.25, -0.2) is 15.0 Å². The van der Waals surface area contributed by atoms with E-state index < -0.39 is 6.10 Å². The smallest absolute Gasteiger partial charge is 0.252 e. The molecule has 1 atom stereocenters. The lowest BCUT2D eigenvalue weighted by molar-refractivity contribution is 0.0924. The number of aromatic nitrogens is 3. The van der Waals surface area contributed by atoms with Gasteiger partial charge in [-0.05, 0) is 38.1 Å². The molecule has 1 aromatic carbocycles. The summed E-state index contributed by atoms with van der Waals surface area (Å²) in [5.41, 5.74) is 9.31. The Balaban J connectivity index is 1.95. The first kappa shape index (κ1) is 21.2. The molecule has 0 aliphatic heterocycles. The van der Waals surface area contributed by atoms with Crippen LogP contribution in [0.5, 0.6) is 0 Å². The van der Waals surface area contributed by atoms with Gasteiger partial charge in [0, 0.05) is 23.9 Å². The number of aliphatic hydroxyl groups excluding tert-OH is 1. The van der Waals surface area contributed by atoms with Crippen LogP contribution in [0.25, 0.3) is 11.3 Å². The number of amides is 1. The Labute approximate surface area is 179 Å². The van der Waals surface area contributed by atoms with E-state index in [2.05, 4.69) is 32.1 Å². The molecule has 0 aliphatic carbocycles. The normalized spacial score (nSPS) is 11.3. The molecular formula is C22H20ClN5O2. The molecule has 2 aromatic heterocycles. The monoisotopic (exact) mass is 421 g/mol. The Morgan fingerprint density at radius 3 is 2.70 bits per heavy atom. The number of nitrogens with two attached hydrogens (primary N) is 1. The molecule has 2 heterocycles. The van der Waals surface area contributed by atoms with Crippen LogP contribution >= 0.6 is 11.6 Å². The molecule has 3 rings (SSSR count). The maximum absolute atomic E-state index is 12.3. The predicted octanol–water partition coefficient (Wildman–Crippen LogP) is 2.59. The molecule has 4 N–H and O–H groups in total. The number of halogens is 1. The van der Waals surface area contributed by atoms with Crippen molar-refractivity contribution in [2.24, 2.45) is 0 Å². The summed E-state index contributed by atoms with van der Waals surface area (Å²) >= 11 is 6.35. The zero-order chi connectivity index (χ0) is 21.7. The predicted molar refractivity (Wildman–Crippen MR) is 116 cm³/mol. The van der Waals surface area contributed by atoms with Gasteiger partial charge < -0.3 is 16.2 Å². The van der Waals surface area contributed by atoms with Crippen molar-refractivity contribution in [3.63, 3.8) is 0 Å². The van der Waals surface area contributed by atoms with Gasteiger partial charge in [-0.15, -0.1) is 0 Å². The fourth-order valence-electron chi connectivity index (χ4n) is 2.64. The van der Waals surface area contributed by atoms with Gasteiger partial charge in [-0.3, -0.25) is 4.79 Å². The molecule has 0 saturated heterocycles. The van der Waals surface area contributed by atoms with Crippen LogP contribution in [0.3, 0.4) is 0 Å². The highest BCUT2D eigenvalue weighted by atomic mass is 35.5. The molecule has 0 radical (unpaired) electrons. The van der Waals surface area contributed by atoms with Crippen molar-refractivity contribution in [3.8, 4) is 23.1 Å². The molecule has 7 nitrogen and oxygen atoms in total. The highest BCUT2D eigenvalue weighted by Crippen LogP contribution is 2.27. The number of hydrogen-bond donors (Lipinski definition) is 3. The van der Waals surface area contributed by atoms with Crippen LogP contribution in [0.1, 0.15) is 34.1 Å². The van der Waals surface area contributed by atoms with Crippen LogP contribution in [0.15, 0.2) is 42.9 Å². The summed E-state index contributed by atoms with van der Waals surface area (Å²) in [7, 11) is 0. The largest absolute Gasteiger partial charge is 0.392 e. The zero-order valence-corrected chi connectivity index (χ0v) is 17.2. The second kappa shape index (κ2) is 9.35. The van der Waals surface area contributed by atoms with Gasteiger partial charge in [-0.2, -0.15) is 0 Å². The van der Waals surface area contributed by atoms with E-state index in [1.807, 2.05) is 6.92 Å². The fourth-order valence-corrected chi connectivity index (χ4v) is 2.90. The van der Waals surface area contributed by atoms with E-state index in [-0.39, 0.29) is 17.5 Å². The first-order valence-corrected chi connectivity index (χ1v) is 9.54. The van der Waals surface area contributed by atoms with E-state index in [1.54, 1.807) is 43.5 Å². The van der Waals surface area contributed by atoms with Crippen LogP contribution < -0.4 is 11.1 Å². The number of carbonyl (C=O) groups excluding carboxylic acids is 1. The van der Waals surface area contributed by atoms with Gasteiger partial charge in [0.2, 0.25) is 0 Å². The number of aryl methyl sites for hydroxylation is 1. The molecule has 0 aliphatic rings. The summed E-state index contributed by atoms with van der Waals surface area (Å²) in [6, 6.07) is 8.50. The Hall–Kier alpha value is -3.47. The van der Waals surface area contributed by atoms with E-state index in [1.165, 1.54) is 6.33 Å². The third kappa shape index (κ3) is 5.11. The number of nitrogens with one attached hydrogen (secondary N) is 1. The lowest BCUT2D eigenvalue weighted by Crippen LogP contribution is -2.30. The number of nitrogen functional groups attached to an aromatic ring is 1. The maximum Gasteiger partial charge on any atom is 0.252 e. The number of rotatable bonds is 4. The van der Waals surface area contributed by atoms with Crippen LogP contribution in [0.4, 0.5) is 5.82 Å². The Morgan fingerprint density at radius 1 is 1.23 bits per heavy atom. The van der Waals surface area contributed by atoms with Crippen molar-refractivity contribution in [2.45, 2.75) is 20.0 Å². The van der Waals surface area contributed by atoms with Crippen molar-refractivity contribution < 1.29 is 9.90 Å². The molecule has 0 spiro atoms. The number of anilines is 1. The molecule has 1 unspecified atom stereocenters. The highest BCUT2D eigenvalue weighted by Gasteiger charge is 2.15. The average molecular weight is 422 g/mol. The van der Waals surface area contributed by atoms with Crippen LogP contribution in [-0.4, -0.2) is 38.6 Å². The van der Waals surface area contributed by atoms with E-state index in [9.17, 15) is 9.90 Å². The molecule has 0 fully saturated rings. The average Bonchev–Trinajstić information content (AvgIpc) is 2.72. The van der Waals surface area contributed by atoms with Crippen molar-refractivity contribution >= 4 is 23.3 Å². The van der Waals surface area contributed by atoms with Crippen LogP contribution in [0.2, 0.25) is 5.02 Å². The Morgan fingerprint density at radius 2 is 2.03 bits per heavy atom. The summed E-state index contributed by atoms with van der Waals surface area (Å²) in [4.78, 5) is 24.9. The third-order valence-corrected chi connectivity index (χ3v) is 4.51. The van der Waals surface area contributed by atoms with E-state index in [0.717, 1.165) is 0 Å². The molecule has 0 saturated carbocycles. The topological polar surface area (TPSA) is 114 Å².